The maximum absolute atomic E-state index is 12.4. The van der Waals surface area contributed by atoms with E-state index in [1.807, 2.05) is 27.7 Å². The lowest BCUT2D eigenvalue weighted by Crippen LogP contribution is -2.48. The fourth-order valence-corrected chi connectivity index (χ4v) is 3.02. The topological polar surface area (TPSA) is 46.5 Å². The Labute approximate surface area is 126 Å². The van der Waals surface area contributed by atoms with Crippen LogP contribution < -0.4 is 0 Å². The van der Waals surface area contributed by atoms with Crippen molar-refractivity contribution in [2.24, 2.45) is 11.8 Å². The molecular formula is C16H34O3Si. The van der Waals surface area contributed by atoms with Crippen LogP contribution in [0.1, 0.15) is 54.9 Å². The molecule has 2 atom stereocenters. The van der Waals surface area contributed by atoms with Gasteiger partial charge in [0.2, 0.25) is 0 Å². The number of hydrogen-bond donors (Lipinski definition) is 1. The van der Waals surface area contributed by atoms with Gasteiger partial charge in [0.15, 0.2) is 14.1 Å². The van der Waals surface area contributed by atoms with Gasteiger partial charge < -0.3 is 9.53 Å². The van der Waals surface area contributed by atoms with Crippen molar-refractivity contribution in [3.05, 3.63) is 0 Å². The summed E-state index contributed by atoms with van der Waals surface area (Å²) in [5.74, 6) is 0.265. The van der Waals surface area contributed by atoms with Gasteiger partial charge in [0, 0.05) is 6.42 Å². The van der Waals surface area contributed by atoms with Crippen LogP contribution in [-0.4, -0.2) is 31.4 Å². The molecule has 0 aliphatic rings. The van der Waals surface area contributed by atoms with Crippen LogP contribution in [0.4, 0.5) is 0 Å². The standard InChI is InChI=1S/C16H34O3Si/c1-11(2)13(17)10-14(18)15(12(3)4)19-20(8,9)16(5,6)7/h11-13,15,17H,10H2,1-9H3/t13-,15+/m1/s1. The molecule has 0 aromatic rings. The molecule has 0 aliphatic carbocycles. The molecule has 0 aliphatic heterocycles. The Morgan fingerprint density at radius 2 is 1.55 bits per heavy atom. The maximum Gasteiger partial charge on any atom is 0.193 e. The van der Waals surface area contributed by atoms with Crippen LogP contribution in [0.5, 0.6) is 0 Å². The summed E-state index contributed by atoms with van der Waals surface area (Å²) >= 11 is 0. The fourth-order valence-electron chi connectivity index (χ4n) is 1.63. The minimum atomic E-state index is -1.97. The predicted molar refractivity (Wildman–Crippen MR) is 87.4 cm³/mol. The molecule has 0 radical (unpaired) electrons. The van der Waals surface area contributed by atoms with Gasteiger partial charge in [-0.3, -0.25) is 4.79 Å². The molecule has 20 heavy (non-hydrogen) atoms. The Hall–Kier alpha value is -0.193. The highest BCUT2D eigenvalue weighted by Crippen LogP contribution is 2.38. The Morgan fingerprint density at radius 3 is 1.85 bits per heavy atom. The van der Waals surface area contributed by atoms with Crippen molar-refractivity contribution in [3.63, 3.8) is 0 Å². The van der Waals surface area contributed by atoms with Crippen molar-refractivity contribution in [2.75, 3.05) is 0 Å². The first-order chi connectivity index (χ1) is 8.79. The summed E-state index contributed by atoms with van der Waals surface area (Å²) in [5, 5.41) is 10.0. The minimum Gasteiger partial charge on any atom is -0.407 e. The molecule has 0 rings (SSSR count). The van der Waals surface area contributed by atoms with Crippen molar-refractivity contribution >= 4 is 14.1 Å². The zero-order valence-electron chi connectivity index (χ0n) is 14.8. The summed E-state index contributed by atoms with van der Waals surface area (Å²) in [6.07, 6.45) is -0.786. The molecule has 3 nitrogen and oxygen atoms in total. The molecule has 0 unspecified atom stereocenters. The average Bonchev–Trinajstić information content (AvgIpc) is 2.23. The van der Waals surface area contributed by atoms with E-state index < -0.39 is 20.5 Å². The van der Waals surface area contributed by atoms with Gasteiger partial charge in [-0.05, 0) is 30.0 Å². The molecular weight excluding hydrogens is 268 g/mol. The van der Waals surface area contributed by atoms with Gasteiger partial charge in [0.1, 0.15) is 6.10 Å². The lowest BCUT2D eigenvalue weighted by Gasteiger charge is -2.40. The van der Waals surface area contributed by atoms with E-state index in [0.29, 0.717) is 0 Å². The van der Waals surface area contributed by atoms with Gasteiger partial charge in [-0.25, -0.2) is 0 Å². The molecule has 0 spiro atoms. The Bertz CT molecular complexity index is 316. The van der Waals surface area contributed by atoms with Gasteiger partial charge in [-0.1, -0.05) is 48.5 Å². The Balaban J connectivity index is 4.96. The maximum atomic E-state index is 12.4. The molecule has 0 saturated heterocycles. The normalized spacial score (nSPS) is 16.6. The van der Waals surface area contributed by atoms with Crippen LogP contribution >= 0.6 is 0 Å². The lowest BCUT2D eigenvalue weighted by atomic mass is 9.95. The summed E-state index contributed by atoms with van der Waals surface area (Å²) in [7, 11) is -1.97. The SMILES string of the molecule is CC(C)[C@H](O)CC(=O)[C@@H](O[Si](C)(C)C(C)(C)C)C(C)C. The Morgan fingerprint density at radius 1 is 1.10 bits per heavy atom. The van der Waals surface area contributed by atoms with Crippen molar-refractivity contribution in [2.45, 2.75) is 85.2 Å². The van der Waals surface area contributed by atoms with Gasteiger partial charge >= 0.3 is 0 Å². The van der Waals surface area contributed by atoms with Crippen LogP contribution in [0.15, 0.2) is 0 Å². The van der Waals surface area contributed by atoms with Crippen LogP contribution in [0.2, 0.25) is 18.1 Å². The largest absolute Gasteiger partial charge is 0.407 e. The highest BCUT2D eigenvalue weighted by atomic mass is 28.4. The molecule has 0 aromatic heterocycles. The van der Waals surface area contributed by atoms with E-state index in [0.717, 1.165) is 0 Å². The average molecular weight is 303 g/mol. The predicted octanol–water partition coefficient (Wildman–Crippen LogP) is 4.01. The molecule has 0 amide bonds. The second kappa shape index (κ2) is 7.19. The molecule has 0 saturated carbocycles. The van der Waals surface area contributed by atoms with Gasteiger partial charge in [-0.15, -0.1) is 0 Å². The quantitative estimate of drug-likeness (QED) is 0.723. The third kappa shape index (κ3) is 5.66. The second-order valence-electron chi connectivity index (χ2n) is 8.02. The number of carbonyl (C=O) groups is 1. The fraction of sp³-hybridized carbons (Fsp3) is 0.938. The molecule has 0 heterocycles. The summed E-state index contributed by atoms with van der Waals surface area (Å²) in [5.41, 5.74) is 0. The number of hydrogen-bond acceptors (Lipinski definition) is 3. The summed E-state index contributed by atoms with van der Waals surface area (Å²) in [6, 6.07) is 0. The molecule has 0 aromatic carbocycles. The van der Waals surface area contributed by atoms with Crippen molar-refractivity contribution < 1.29 is 14.3 Å². The third-order valence-electron chi connectivity index (χ3n) is 4.33. The number of Topliss-reactive ketones (excluding diaryl/α,β-unsaturated/α-hetero) is 1. The first-order valence-electron chi connectivity index (χ1n) is 7.68. The van der Waals surface area contributed by atoms with Crippen LogP contribution in [0.25, 0.3) is 0 Å². The second-order valence-corrected chi connectivity index (χ2v) is 12.8. The zero-order valence-corrected chi connectivity index (χ0v) is 15.8. The highest BCUT2D eigenvalue weighted by molar-refractivity contribution is 6.74. The van der Waals surface area contributed by atoms with E-state index in [2.05, 4.69) is 33.9 Å². The van der Waals surface area contributed by atoms with E-state index in [9.17, 15) is 9.90 Å². The number of carbonyl (C=O) groups excluding carboxylic acids is 1. The summed E-state index contributed by atoms with van der Waals surface area (Å²) in [6.45, 7) is 18.7. The number of aliphatic hydroxyl groups is 1. The third-order valence-corrected chi connectivity index (χ3v) is 8.79. The summed E-state index contributed by atoms with van der Waals surface area (Å²) in [4.78, 5) is 12.4. The van der Waals surface area contributed by atoms with Crippen LogP contribution in [0.3, 0.4) is 0 Å². The van der Waals surface area contributed by atoms with E-state index in [-0.39, 0.29) is 29.1 Å². The van der Waals surface area contributed by atoms with Crippen molar-refractivity contribution in [3.8, 4) is 0 Å². The van der Waals surface area contributed by atoms with E-state index in [1.165, 1.54) is 0 Å². The molecule has 1 N–H and O–H groups in total. The van der Waals surface area contributed by atoms with Crippen LogP contribution in [-0.2, 0) is 9.22 Å². The highest BCUT2D eigenvalue weighted by Gasteiger charge is 2.41. The lowest BCUT2D eigenvalue weighted by molar-refractivity contribution is -0.130. The van der Waals surface area contributed by atoms with E-state index >= 15 is 0 Å². The number of aliphatic hydroxyl groups excluding tert-OH is 1. The minimum absolute atomic E-state index is 0.0334. The van der Waals surface area contributed by atoms with Gasteiger partial charge in [0.05, 0.1) is 6.10 Å². The van der Waals surface area contributed by atoms with Crippen molar-refractivity contribution in [1.82, 2.24) is 0 Å². The van der Waals surface area contributed by atoms with E-state index in [4.69, 9.17) is 4.43 Å². The molecule has 120 valence electrons. The first kappa shape index (κ1) is 19.8. The van der Waals surface area contributed by atoms with E-state index in [1.54, 1.807) is 0 Å². The summed E-state index contributed by atoms with van der Waals surface area (Å²) < 4.78 is 6.28. The number of ketones is 1. The molecule has 4 heteroatoms. The molecule has 0 bridgehead atoms. The Kier molecular flexibility index (Phi) is 7.12. The zero-order chi connectivity index (χ0) is 16.3. The van der Waals surface area contributed by atoms with Gasteiger partial charge in [-0.2, -0.15) is 0 Å². The number of rotatable bonds is 7. The smallest absolute Gasteiger partial charge is 0.193 e. The molecule has 0 fully saturated rings. The first-order valence-corrected chi connectivity index (χ1v) is 10.6. The van der Waals surface area contributed by atoms with Crippen molar-refractivity contribution in [1.29, 1.82) is 0 Å². The monoisotopic (exact) mass is 302 g/mol. The van der Waals surface area contributed by atoms with Crippen LogP contribution in [0, 0.1) is 11.8 Å². The van der Waals surface area contributed by atoms with Gasteiger partial charge in [0.25, 0.3) is 0 Å².